The summed E-state index contributed by atoms with van der Waals surface area (Å²) in [6.45, 7) is 5.72. The number of ether oxygens (including phenoxy) is 5. The van der Waals surface area contributed by atoms with Crippen molar-refractivity contribution in [2.24, 2.45) is 0 Å². The molecule has 3 aromatic carbocycles. The molecule has 246 valence electrons. The molecule has 9 nitrogen and oxygen atoms in total. The van der Waals surface area contributed by atoms with E-state index in [9.17, 15) is 32.3 Å². The Balaban J connectivity index is 1.72. The SMILES string of the molecule is C=C(C(=O)OCCOC(=O)c1cc(OC(=O)/C=C/c2ccc(C)cc2)ccc1OC(=O)/C=C/c1ccc(OCCC)cc1)C(F)(F)F. The van der Waals surface area contributed by atoms with Gasteiger partial charge in [0.1, 0.15) is 41.6 Å². The average molecular weight is 653 g/mol. The van der Waals surface area contributed by atoms with Gasteiger partial charge < -0.3 is 23.7 Å². The standard InChI is InChI=1S/C35H31F3O9/c1-4-19-43-27-13-9-26(10-14-27)12-18-32(40)47-30-16-15-28(46-31(39)17-11-25-7-5-23(2)6-8-25)22-29(30)34(42)45-21-20-44-33(41)24(3)35(36,37)38/h5-18,22H,3-4,19-21H2,1-2H3/b17-11+,18-12+. The lowest BCUT2D eigenvalue weighted by Crippen LogP contribution is -2.23. The maximum absolute atomic E-state index is 12.9. The van der Waals surface area contributed by atoms with Gasteiger partial charge in [-0.1, -0.05) is 55.5 Å². The second kappa shape index (κ2) is 17.2. The first-order valence-electron chi connectivity index (χ1n) is 14.2. The number of hydrogen-bond donors (Lipinski definition) is 0. The predicted octanol–water partition coefficient (Wildman–Crippen LogP) is 6.84. The number of carbonyl (C=O) groups is 4. The van der Waals surface area contributed by atoms with Crippen molar-refractivity contribution >= 4 is 36.0 Å². The normalized spacial score (nSPS) is 11.3. The first-order valence-corrected chi connectivity index (χ1v) is 14.2. The molecule has 0 heterocycles. The van der Waals surface area contributed by atoms with Gasteiger partial charge in [0.2, 0.25) is 0 Å². The van der Waals surface area contributed by atoms with Gasteiger partial charge in [0.15, 0.2) is 0 Å². The summed E-state index contributed by atoms with van der Waals surface area (Å²) < 4.78 is 63.4. The van der Waals surface area contributed by atoms with Crippen molar-refractivity contribution in [3.8, 4) is 17.2 Å². The van der Waals surface area contributed by atoms with Crippen LogP contribution < -0.4 is 14.2 Å². The van der Waals surface area contributed by atoms with Crippen LogP contribution in [-0.2, 0) is 23.9 Å². The first-order chi connectivity index (χ1) is 22.3. The summed E-state index contributed by atoms with van der Waals surface area (Å²) in [6.07, 6.45) is 1.16. The third-order valence-electron chi connectivity index (χ3n) is 5.99. The molecule has 0 spiro atoms. The Hall–Kier alpha value is -5.65. The number of aryl methyl sites for hydroxylation is 1. The van der Waals surface area contributed by atoms with Crippen molar-refractivity contribution in [2.45, 2.75) is 26.4 Å². The van der Waals surface area contributed by atoms with E-state index in [0.29, 0.717) is 17.9 Å². The summed E-state index contributed by atoms with van der Waals surface area (Å²) in [5, 5.41) is 0. The Labute approximate surface area is 268 Å². The Morgan fingerprint density at radius 1 is 0.745 bits per heavy atom. The van der Waals surface area contributed by atoms with Gasteiger partial charge in [-0.25, -0.2) is 19.2 Å². The molecule has 0 aliphatic heterocycles. The summed E-state index contributed by atoms with van der Waals surface area (Å²) in [6, 6.07) is 17.8. The lowest BCUT2D eigenvalue weighted by molar-refractivity contribution is -0.151. The number of esters is 4. The zero-order valence-electron chi connectivity index (χ0n) is 25.5. The van der Waals surface area contributed by atoms with Gasteiger partial charge in [-0.2, -0.15) is 13.2 Å². The number of hydrogen-bond acceptors (Lipinski definition) is 9. The highest BCUT2D eigenvalue weighted by Gasteiger charge is 2.38. The van der Waals surface area contributed by atoms with E-state index in [0.717, 1.165) is 29.7 Å². The van der Waals surface area contributed by atoms with E-state index in [-0.39, 0.29) is 17.1 Å². The number of carbonyl (C=O) groups excluding carboxylic acids is 4. The minimum atomic E-state index is -4.99. The molecule has 0 amide bonds. The third-order valence-corrected chi connectivity index (χ3v) is 5.99. The van der Waals surface area contributed by atoms with Crippen molar-refractivity contribution in [1.82, 2.24) is 0 Å². The molecule has 3 rings (SSSR count). The molecule has 0 saturated heterocycles. The lowest BCUT2D eigenvalue weighted by Gasteiger charge is -2.12. The fraction of sp³-hybridized carbons (Fsp3) is 0.200. The Bertz CT molecular complexity index is 1640. The van der Waals surface area contributed by atoms with Gasteiger partial charge in [0.05, 0.1) is 6.61 Å². The van der Waals surface area contributed by atoms with E-state index in [1.807, 2.05) is 26.0 Å². The van der Waals surface area contributed by atoms with E-state index in [1.165, 1.54) is 30.4 Å². The minimum Gasteiger partial charge on any atom is -0.494 e. The van der Waals surface area contributed by atoms with Crippen LogP contribution in [0.3, 0.4) is 0 Å². The molecule has 0 unspecified atom stereocenters. The summed E-state index contributed by atoms with van der Waals surface area (Å²) in [4.78, 5) is 49.5. The van der Waals surface area contributed by atoms with E-state index < -0.39 is 48.8 Å². The number of alkyl halides is 3. The van der Waals surface area contributed by atoms with Gasteiger partial charge >= 0.3 is 30.1 Å². The molecular formula is C35H31F3O9. The van der Waals surface area contributed by atoms with Crippen LogP contribution in [0, 0.1) is 6.92 Å². The van der Waals surface area contributed by atoms with Crippen molar-refractivity contribution in [2.75, 3.05) is 19.8 Å². The second-order valence-corrected chi connectivity index (χ2v) is 9.74. The summed E-state index contributed by atoms with van der Waals surface area (Å²) in [5.74, 6) is -4.20. The van der Waals surface area contributed by atoms with Gasteiger partial charge in [-0.15, -0.1) is 0 Å². The highest BCUT2D eigenvalue weighted by molar-refractivity contribution is 5.96. The molecule has 0 aromatic heterocycles. The molecule has 0 bridgehead atoms. The maximum Gasteiger partial charge on any atom is 0.422 e. The molecule has 0 saturated carbocycles. The average Bonchev–Trinajstić information content (AvgIpc) is 3.04. The fourth-order valence-electron chi connectivity index (χ4n) is 3.56. The van der Waals surface area contributed by atoms with Crippen LogP contribution in [0.1, 0.15) is 40.4 Å². The van der Waals surface area contributed by atoms with Crippen LogP contribution in [0.25, 0.3) is 12.2 Å². The molecule has 0 aliphatic rings. The number of benzene rings is 3. The van der Waals surface area contributed by atoms with Crippen LogP contribution in [0.15, 0.2) is 91.0 Å². The molecular weight excluding hydrogens is 621 g/mol. The molecule has 3 aromatic rings. The quantitative estimate of drug-likeness (QED) is 0.0799. The summed E-state index contributed by atoms with van der Waals surface area (Å²) in [5.41, 5.74) is 0.360. The van der Waals surface area contributed by atoms with E-state index in [2.05, 4.69) is 11.3 Å². The van der Waals surface area contributed by atoms with Gasteiger partial charge in [0.25, 0.3) is 0 Å². The van der Waals surface area contributed by atoms with Crippen LogP contribution >= 0.6 is 0 Å². The maximum atomic E-state index is 12.9. The second-order valence-electron chi connectivity index (χ2n) is 9.74. The van der Waals surface area contributed by atoms with Crippen LogP contribution in [0.2, 0.25) is 0 Å². The number of rotatable bonds is 14. The van der Waals surface area contributed by atoms with Gasteiger partial charge in [0, 0.05) is 12.2 Å². The Morgan fingerprint density at radius 3 is 1.89 bits per heavy atom. The monoisotopic (exact) mass is 652 g/mol. The first kappa shape index (κ1) is 35.8. The zero-order chi connectivity index (χ0) is 34.4. The molecule has 0 aliphatic carbocycles. The highest BCUT2D eigenvalue weighted by Crippen LogP contribution is 2.27. The molecule has 0 atom stereocenters. The van der Waals surface area contributed by atoms with Crippen molar-refractivity contribution in [3.63, 3.8) is 0 Å². The molecule has 0 N–H and O–H groups in total. The van der Waals surface area contributed by atoms with E-state index in [1.54, 1.807) is 36.4 Å². The van der Waals surface area contributed by atoms with Crippen LogP contribution in [0.5, 0.6) is 17.2 Å². The zero-order valence-corrected chi connectivity index (χ0v) is 25.5. The van der Waals surface area contributed by atoms with E-state index in [4.69, 9.17) is 18.9 Å². The van der Waals surface area contributed by atoms with Crippen LogP contribution in [-0.4, -0.2) is 49.9 Å². The molecule has 12 heteroatoms. The largest absolute Gasteiger partial charge is 0.494 e. The Kier molecular flexibility index (Phi) is 13.1. The summed E-state index contributed by atoms with van der Waals surface area (Å²) in [7, 11) is 0. The molecule has 47 heavy (non-hydrogen) atoms. The van der Waals surface area contributed by atoms with Crippen molar-refractivity contribution < 1.29 is 56.0 Å². The fourth-order valence-corrected chi connectivity index (χ4v) is 3.56. The van der Waals surface area contributed by atoms with E-state index >= 15 is 0 Å². The topological polar surface area (TPSA) is 114 Å². The predicted molar refractivity (Wildman–Crippen MR) is 166 cm³/mol. The van der Waals surface area contributed by atoms with Crippen molar-refractivity contribution in [1.29, 1.82) is 0 Å². The minimum absolute atomic E-state index is 0.107. The van der Waals surface area contributed by atoms with Crippen molar-refractivity contribution in [3.05, 3.63) is 113 Å². The molecule has 0 radical (unpaired) electrons. The van der Waals surface area contributed by atoms with Gasteiger partial charge in [-0.3, -0.25) is 0 Å². The van der Waals surface area contributed by atoms with Crippen LogP contribution in [0.4, 0.5) is 13.2 Å². The highest BCUT2D eigenvalue weighted by atomic mass is 19.4. The summed E-state index contributed by atoms with van der Waals surface area (Å²) >= 11 is 0. The molecule has 0 fully saturated rings. The Morgan fingerprint density at radius 2 is 1.30 bits per heavy atom. The van der Waals surface area contributed by atoms with Gasteiger partial charge in [-0.05, 0) is 67.0 Å². The smallest absolute Gasteiger partial charge is 0.422 e. The lowest BCUT2D eigenvalue weighted by atomic mass is 10.1. The third kappa shape index (κ3) is 12.0. The number of halogens is 3.